The standard InChI is InChI=1S/C14H27NO4/c1-5-6-7-8-12(16)15-11(9-10(2)3)13(17)14(18)19-4/h10-11,13,17H,5-9H2,1-4H3,(H,15,16). The van der Waals surface area contributed by atoms with Crippen molar-refractivity contribution in [3.05, 3.63) is 0 Å². The molecule has 0 aliphatic heterocycles. The smallest absolute Gasteiger partial charge is 0.336 e. The normalized spacial score (nSPS) is 14.0. The number of nitrogens with one attached hydrogen (secondary N) is 1. The van der Waals surface area contributed by atoms with Crippen LogP contribution in [0.5, 0.6) is 0 Å². The zero-order chi connectivity index (χ0) is 14.8. The van der Waals surface area contributed by atoms with Gasteiger partial charge in [-0.05, 0) is 18.8 Å². The Kier molecular flexibility index (Phi) is 9.21. The number of unbranched alkanes of at least 4 members (excludes halogenated alkanes) is 2. The number of carbonyl (C=O) groups excluding carboxylic acids is 2. The lowest BCUT2D eigenvalue weighted by atomic mass is 9.98. The van der Waals surface area contributed by atoms with Crippen molar-refractivity contribution >= 4 is 11.9 Å². The van der Waals surface area contributed by atoms with Crippen molar-refractivity contribution in [2.24, 2.45) is 5.92 Å². The summed E-state index contributed by atoms with van der Waals surface area (Å²) in [6.45, 7) is 6.01. The number of methoxy groups -OCH3 is 1. The number of rotatable bonds is 9. The van der Waals surface area contributed by atoms with Crippen LogP contribution in [0.2, 0.25) is 0 Å². The van der Waals surface area contributed by atoms with Crippen molar-refractivity contribution in [1.82, 2.24) is 5.32 Å². The van der Waals surface area contributed by atoms with Gasteiger partial charge in [-0.3, -0.25) is 4.79 Å². The number of hydrogen-bond donors (Lipinski definition) is 2. The average Bonchev–Trinajstić information content (AvgIpc) is 2.36. The quantitative estimate of drug-likeness (QED) is 0.494. The van der Waals surface area contributed by atoms with E-state index in [4.69, 9.17) is 0 Å². The second kappa shape index (κ2) is 9.78. The third-order valence-electron chi connectivity index (χ3n) is 2.90. The van der Waals surface area contributed by atoms with E-state index in [1.807, 2.05) is 13.8 Å². The van der Waals surface area contributed by atoms with E-state index in [-0.39, 0.29) is 11.8 Å². The summed E-state index contributed by atoms with van der Waals surface area (Å²) in [5, 5.41) is 12.6. The van der Waals surface area contributed by atoms with E-state index in [9.17, 15) is 14.7 Å². The van der Waals surface area contributed by atoms with E-state index >= 15 is 0 Å². The fourth-order valence-corrected chi connectivity index (χ4v) is 1.87. The van der Waals surface area contributed by atoms with Crippen LogP contribution in [0.25, 0.3) is 0 Å². The Balaban J connectivity index is 4.41. The first-order valence-corrected chi connectivity index (χ1v) is 6.97. The molecule has 0 aliphatic rings. The monoisotopic (exact) mass is 273 g/mol. The SMILES string of the molecule is CCCCCC(=O)NC(CC(C)C)C(O)C(=O)OC. The van der Waals surface area contributed by atoms with Crippen LogP contribution < -0.4 is 5.32 Å². The molecule has 2 atom stereocenters. The highest BCUT2D eigenvalue weighted by Gasteiger charge is 2.28. The van der Waals surface area contributed by atoms with Crippen molar-refractivity contribution in [3.63, 3.8) is 0 Å². The first-order valence-electron chi connectivity index (χ1n) is 6.97. The van der Waals surface area contributed by atoms with Crippen LogP contribution in [0.1, 0.15) is 52.9 Å². The number of ether oxygens (including phenoxy) is 1. The van der Waals surface area contributed by atoms with Crippen molar-refractivity contribution in [2.75, 3.05) is 7.11 Å². The third kappa shape index (κ3) is 7.82. The maximum atomic E-state index is 11.8. The Morgan fingerprint density at radius 1 is 1.26 bits per heavy atom. The summed E-state index contributed by atoms with van der Waals surface area (Å²) in [4.78, 5) is 23.1. The highest BCUT2D eigenvalue weighted by Crippen LogP contribution is 2.10. The largest absolute Gasteiger partial charge is 0.467 e. The number of aliphatic hydroxyl groups excluding tert-OH is 1. The summed E-state index contributed by atoms with van der Waals surface area (Å²) in [7, 11) is 1.22. The van der Waals surface area contributed by atoms with Crippen LogP contribution in [0, 0.1) is 5.92 Å². The van der Waals surface area contributed by atoms with Crippen LogP contribution in [0.3, 0.4) is 0 Å². The number of aliphatic hydroxyl groups is 1. The molecule has 5 heteroatoms. The zero-order valence-corrected chi connectivity index (χ0v) is 12.4. The molecule has 0 spiro atoms. The molecule has 2 N–H and O–H groups in total. The van der Waals surface area contributed by atoms with Gasteiger partial charge in [0.1, 0.15) is 0 Å². The molecule has 19 heavy (non-hydrogen) atoms. The maximum Gasteiger partial charge on any atom is 0.336 e. The van der Waals surface area contributed by atoms with Crippen molar-refractivity contribution < 1.29 is 19.4 Å². The lowest BCUT2D eigenvalue weighted by molar-refractivity contribution is -0.152. The summed E-state index contributed by atoms with van der Waals surface area (Å²) in [5.74, 6) is -0.568. The van der Waals surface area contributed by atoms with Gasteiger partial charge in [-0.25, -0.2) is 4.79 Å². The molecule has 112 valence electrons. The van der Waals surface area contributed by atoms with E-state index in [1.165, 1.54) is 7.11 Å². The zero-order valence-electron chi connectivity index (χ0n) is 12.4. The predicted octanol–water partition coefficient (Wildman–Crippen LogP) is 1.63. The van der Waals surface area contributed by atoms with Gasteiger partial charge in [0.05, 0.1) is 13.2 Å². The molecule has 2 unspecified atom stereocenters. The minimum atomic E-state index is -1.30. The number of esters is 1. The van der Waals surface area contributed by atoms with E-state index < -0.39 is 18.1 Å². The molecule has 0 aromatic carbocycles. The fourth-order valence-electron chi connectivity index (χ4n) is 1.87. The predicted molar refractivity (Wildman–Crippen MR) is 73.6 cm³/mol. The van der Waals surface area contributed by atoms with Crippen LogP contribution in [-0.4, -0.2) is 36.2 Å². The molecule has 1 amide bonds. The molecule has 0 rings (SSSR count). The minimum Gasteiger partial charge on any atom is -0.467 e. The number of carbonyl (C=O) groups is 2. The molecule has 0 fully saturated rings. The Morgan fingerprint density at radius 2 is 1.89 bits per heavy atom. The third-order valence-corrected chi connectivity index (χ3v) is 2.90. The minimum absolute atomic E-state index is 0.123. The van der Waals surface area contributed by atoms with E-state index in [0.29, 0.717) is 12.8 Å². The van der Waals surface area contributed by atoms with Gasteiger partial charge in [0.15, 0.2) is 6.10 Å². The van der Waals surface area contributed by atoms with Crippen LogP contribution in [-0.2, 0) is 14.3 Å². The van der Waals surface area contributed by atoms with E-state index in [0.717, 1.165) is 19.3 Å². The molecule has 0 aromatic heterocycles. The molecule has 0 radical (unpaired) electrons. The van der Waals surface area contributed by atoms with Gasteiger partial charge in [0.25, 0.3) is 0 Å². The van der Waals surface area contributed by atoms with Gasteiger partial charge in [-0.15, -0.1) is 0 Å². The van der Waals surface area contributed by atoms with Gasteiger partial charge < -0.3 is 15.2 Å². The fraction of sp³-hybridized carbons (Fsp3) is 0.857. The summed E-state index contributed by atoms with van der Waals surface area (Å²) >= 11 is 0. The second-order valence-electron chi connectivity index (χ2n) is 5.23. The summed E-state index contributed by atoms with van der Waals surface area (Å²) in [6.07, 6.45) is 2.54. The van der Waals surface area contributed by atoms with Gasteiger partial charge >= 0.3 is 5.97 Å². The first-order chi connectivity index (χ1) is 8.92. The lowest BCUT2D eigenvalue weighted by Crippen LogP contribution is -2.48. The molecular formula is C14H27NO4. The van der Waals surface area contributed by atoms with E-state index in [1.54, 1.807) is 0 Å². The van der Waals surface area contributed by atoms with Gasteiger partial charge in [0, 0.05) is 6.42 Å². The maximum absolute atomic E-state index is 11.8. The highest BCUT2D eigenvalue weighted by molar-refractivity contribution is 5.79. The molecule has 0 aliphatic carbocycles. The Hall–Kier alpha value is -1.10. The summed E-state index contributed by atoms with van der Waals surface area (Å²) < 4.78 is 4.51. The Morgan fingerprint density at radius 3 is 2.37 bits per heavy atom. The molecule has 0 aromatic rings. The van der Waals surface area contributed by atoms with Crippen molar-refractivity contribution in [1.29, 1.82) is 0 Å². The van der Waals surface area contributed by atoms with Crippen LogP contribution in [0.15, 0.2) is 0 Å². The van der Waals surface area contributed by atoms with Crippen LogP contribution >= 0.6 is 0 Å². The molecule has 5 nitrogen and oxygen atoms in total. The summed E-state index contributed by atoms with van der Waals surface area (Å²) in [6, 6.07) is -0.582. The Bertz CT molecular complexity index is 279. The molecule has 0 bridgehead atoms. The van der Waals surface area contributed by atoms with Crippen molar-refractivity contribution in [3.8, 4) is 0 Å². The summed E-state index contributed by atoms with van der Waals surface area (Å²) in [5.41, 5.74) is 0. The van der Waals surface area contributed by atoms with Gasteiger partial charge in [0.2, 0.25) is 5.91 Å². The molecule has 0 saturated heterocycles. The molecular weight excluding hydrogens is 246 g/mol. The molecule has 0 saturated carbocycles. The Labute approximate surface area is 115 Å². The van der Waals surface area contributed by atoms with Crippen molar-refractivity contribution in [2.45, 2.75) is 65.0 Å². The lowest BCUT2D eigenvalue weighted by Gasteiger charge is -2.24. The van der Waals surface area contributed by atoms with E-state index in [2.05, 4.69) is 17.0 Å². The average molecular weight is 273 g/mol. The topological polar surface area (TPSA) is 75.6 Å². The first kappa shape index (κ1) is 17.9. The van der Waals surface area contributed by atoms with Gasteiger partial charge in [-0.2, -0.15) is 0 Å². The number of amides is 1. The second-order valence-corrected chi connectivity index (χ2v) is 5.23. The van der Waals surface area contributed by atoms with Crippen LogP contribution in [0.4, 0.5) is 0 Å². The number of hydrogen-bond acceptors (Lipinski definition) is 4. The van der Waals surface area contributed by atoms with Gasteiger partial charge in [-0.1, -0.05) is 33.6 Å². The molecule has 0 heterocycles. The highest BCUT2D eigenvalue weighted by atomic mass is 16.5.